The lowest BCUT2D eigenvalue weighted by molar-refractivity contribution is -0.137. The van der Waals surface area contributed by atoms with Crippen LogP contribution in [0.1, 0.15) is 51.9 Å². The van der Waals surface area contributed by atoms with Gasteiger partial charge >= 0.3 is 5.97 Å². The Morgan fingerprint density at radius 2 is 1.54 bits per heavy atom. The number of carbonyl (C=O) groups excluding carboxylic acids is 1. The van der Waals surface area contributed by atoms with Gasteiger partial charge in [-0.15, -0.1) is 0 Å². The Labute approximate surface area is 80.1 Å². The largest absolute Gasteiger partial charge is 0.481 e. The Morgan fingerprint density at radius 3 is 2.00 bits per heavy atom. The molecule has 0 saturated heterocycles. The lowest BCUT2D eigenvalue weighted by Crippen LogP contribution is -1.93. The van der Waals surface area contributed by atoms with E-state index in [2.05, 4.69) is 6.92 Å². The molecule has 78 valence electrons. The van der Waals surface area contributed by atoms with Crippen molar-refractivity contribution in [2.45, 2.75) is 51.9 Å². The molecule has 0 aliphatic heterocycles. The molecule has 0 atom stereocenters. The van der Waals surface area contributed by atoms with Gasteiger partial charge in [0.2, 0.25) is 0 Å². The van der Waals surface area contributed by atoms with Crippen LogP contribution in [0.2, 0.25) is 0 Å². The van der Waals surface area contributed by atoms with Gasteiger partial charge in [-0.25, -0.2) is 0 Å². The molecule has 0 aliphatic rings. The molecule has 0 aromatic rings. The van der Waals surface area contributed by atoms with E-state index in [0.717, 1.165) is 12.8 Å². The molecule has 3 heteroatoms. The van der Waals surface area contributed by atoms with Gasteiger partial charge in [-0.05, 0) is 6.42 Å². The number of carbonyl (C=O) groups is 2. The predicted molar refractivity (Wildman–Crippen MR) is 52.7 cm³/mol. The van der Waals surface area contributed by atoms with Crippen LogP contribution in [0.25, 0.3) is 0 Å². The van der Waals surface area contributed by atoms with Crippen molar-refractivity contribution < 1.29 is 14.7 Å². The van der Waals surface area contributed by atoms with Gasteiger partial charge in [0.05, 0.1) is 0 Å². The molecule has 0 unspecified atom stereocenters. The van der Waals surface area contributed by atoms with E-state index in [1.165, 1.54) is 25.7 Å². The Kier molecular flexibility index (Phi) is 15.5. The highest BCUT2D eigenvalue weighted by Crippen LogP contribution is 2.06. The summed E-state index contributed by atoms with van der Waals surface area (Å²) in [5, 5.41) is 8.32. The second kappa shape index (κ2) is 13.7. The Hall–Kier alpha value is -0.860. The lowest BCUT2D eigenvalue weighted by Gasteiger charge is -1.97. The van der Waals surface area contributed by atoms with Gasteiger partial charge in [0.15, 0.2) is 0 Å². The fraction of sp³-hybridized carbons (Fsp3) is 0.800. The van der Waals surface area contributed by atoms with Gasteiger partial charge in [0.25, 0.3) is 0 Å². The number of rotatable bonds is 7. The van der Waals surface area contributed by atoms with Crippen LogP contribution in [0.15, 0.2) is 0 Å². The van der Waals surface area contributed by atoms with Crippen molar-refractivity contribution in [1.82, 2.24) is 0 Å². The zero-order valence-electron chi connectivity index (χ0n) is 8.42. The molecule has 0 spiro atoms. The van der Waals surface area contributed by atoms with Gasteiger partial charge in [-0.1, -0.05) is 39.0 Å². The fourth-order valence-corrected chi connectivity index (χ4v) is 1.06. The molecule has 0 aromatic carbocycles. The Morgan fingerprint density at radius 1 is 1.08 bits per heavy atom. The van der Waals surface area contributed by atoms with Gasteiger partial charge < -0.3 is 9.90 Å². The Balaban J connectivity index is 0. The normalized spacial score (nSPS) is 8.69. The van der Waals surface area contributed by atoms with Gasteiger partial charge in [0, 0.05) is 6.42 Å². The van der Waals surface area contributed by atoms with Gasteiger partial charge in [0.1, 0.15) is 6.79 Å². The molecule has 0 aromatic heterocycles. The van der Waals surface area contributed by atoms with Crippen molar-refractivity contribution in [3.05, 3.63) is 0 Å². The Bertz CT molecular complexity index is 113. The zero-order chi connectivity index (χ0) is 10.5. The zero-order valence-corrected chi connectivity index (χ0v) is 8.42. The van der Waals surface area contributed by atoms with Crippen molar-refractivity contribution in [1.29, 1.82) is 0 Å². The van der Waals surface area contributed by atoms with Crippen LogP contribution in [0, 0.1) is 0 Å². The maximum absolute atomic E-state index is 10.1. The molecule has 13 heavy (non-hydrogen) atoms. The molecule has 0 bridgehead atoms. The quantitative estimate of drug-likeness (QED) is 0.625. The maximum atomic E-state index is 10.1. The van der Waals surface area contributed by atoms with Crippen LogP contribution < -0.4 is 0 Å². The first-order chi connectivity index (χ1) is 6.27. The summed E-state index contributed by atoms with van der Waals surface area (Å²) in [6.45, 7) is 4.18. The minimum absolute atomic E-state index is 0.339. The molecular weight excluding hydrogens is 168 g/mol. The summed E-state index contributed by atoms with van der Waals surface area (Å²) in [4.78, 5) is 18.1. The molecular formula is C10H20O3. The van der Waals surface area contributed by atoms with Crippen molar-refractivity contribution in [2.24, 2.45) is 0 Å². The summed E-state index contributed by atoms with van der Waals surface area (Å²) >= 11 is 0. The second-order valence-electron chi connectivity index (χ2n) is 2.91. The van der Waals surface area contributed by atoms with Gasteiger partial charge in [-0.3, -0.25) is 4.79 Å². The highest BCUT2D eigenvalue weighted by atomic mass is 16.4. The summed E-state index contributed by atoms with van der Waals surface area (Å²) in [6, 6.07) is 0. The first kappa shape index (κ1) is 14.7. The summed E-state index contributed by atoms with van der Waals surface area (Å²) in [6.07, 6.45) is 7.25. The summed E-state index contributed by atoms with van der Waals surface area (Å²) in [5.74, 6) is -0.666. The first-order valence-electron chi connectivity index (χ1n) is 4.78. The minimum atomic E-state index is -0.666. The van der Waals surface area contributed by atoms with E-state index in [0.29, 0.717) is 6.42 Å². The average Bonchev–Trinajstić information content (AvgIpc) is 2.14. The van der Waals surface area contributed by atoms with E-state index in [-0.39, 0.29) is 0 Å². The predicted octanol–water partition coefficient (Wildman–Crippen LogP) is 2.64. The van der Waals surface area contributed by atoms with Crippen LogP contribution >= 0.6 is 0 Å². The maximum Gasteiger partial charge on any atom is 0.303 e. The van der Waals surface area contributed by atoms with E-state index in [4.69, 9.17) is 9.90 Å². The molecule has 0 heterocycles. The van der Waals surface area contributed by atoms with Crippen molar-refractivity contribution in [2.75, 3.05) is 0 Å². The molecule has 0 rings (SSSR count). The topological polar surface area (TPSA) is 54.4 Å². The molecule has 0 radical (unpaired) electrons. The summed E-state index contributed by atoms with van der Waals surface area (Å²) < 4.78 is 0. The molecule has 0 fully saturated rings. The van der Waals surface area contributed by atoms with Crippen LogP contribution in [0.4, 0.5) is 0 Å². The number of unbranched alkanes of at least 4 members (excludes halogenated alkanes) is 5. The van der Waals surface area contributed by atoms with Crippen LogP contribution in [-0.4, -0.2) is 17.9 Å². The standard InChI is InChI=1S/C9H18O2.CH2O/c1-2-3-4-5-6-7-8-9(10)11;1-2/h2-8H2,1H3,(H,10,11);1H2. The fourth-order valence-electron chi connectivity index (χ4n) is 1.06. The highest BCUT2D eigenvalue weighted by molar-refractivity contribution is 5.66. The number of hydrogen-bond donors (Lipinski definition) is 1. The second-order valence-corrected chi connectivity index (χ2v) is 2.91. The molecule has 3 nitrogen and oxygen atoms in total. The average molecular weight is 188 g/mol. The van der Waals surface area contributed by atoms with E-state index in [1.807, 2.05) is 6.79 Å². The van der Waals surface area contributed by atoms with Crippen LogP contribution in [0.5, 0.6) is 0 Å². The van der Waals surface area contributed by atoms with Crippen LogP contribution in [0.3, 0.4) is 0 Å². The minimum Gasteiger partial charge on any atom is -0.481 e. The number of carboxylic acid groups (broad SMARTS) is 1. The highest BCUT2D eigenvalue weighted by Gasteiger charge is 1.95. The first-order valence-corrected chi connectivity index (χ1v) is 4.78. The third-order valence-corrected chi connectivity index (χ3v) is 1.74. The third kappa shape index (κ3) is 18.3. The molecule has 0 saturated carbocycles. The lowest BCUT2D eigenvalue weighted by atomic mass is 10.1. The van der Waals surface area contributed by atoms with Crippen molar-refractivity contribution in [3.8, 4) is 0 Å². The summed E-state index contributed by atoms with van der Waals surface area (Å²) in [5.41, 5.74) is 0. The smallest absolute Gasteiger partial charge is 0.303 e. The van der Waals surface area contributed by atoms with Crippen LogP contribution in [-0.2, 0) is 9.59 Å². The van der Waals surface area contributed by atoms with E-state index >= 15 is 0 Å². The SMILES string of the molecule is C=O.CCCCCCCCC(=O)O. The molecule has 0 amide bonds. The van der Waals surface area contributed by atoms with Crippen molar-refractivity contribution >= 4 is 12.8 Å². The van der Waals surface area contributed by atoms with E-state index in [9.17, 15) is 4.79 Å². The van der Waals surface area contributed by atoms with Gasteiger partial charge in [-0.2, -0.15) is 0 Å². The van der Waals surface area contributed by atoms with Crippen molar-refractivity contribution in [3.63, 3.8) is 0 Å². The summed E-state index contributed by atoms with van der Waals surface area (Å²) in [7, 11) is 0. The molecule has 0 aliphatic carbocycles. The number of carboxylic acids is 1. The molecule has 1 N–H and O–H groups in total. The monoisotopic (exact) mass is 188 g/mol. The van der Waals surface area contributed by atoms with E-state index < -0.39 is 5.97 Å². The van der Waals surface area contributed by atoms with E-state index in [1.54, 1.807) is 0 Å². The third-order valence-electron chi connectivity index (χ3n) is 1.74. The number of hydrogen-bond acceptors (Lipinski definition) is 2. The number of aliphatic carboxylic acids is 1.